The standard InChI is InChI=1S/C24H29N5O3S/c1-31-21-7-5-20(6-8-21)23-26-27-24(33)29(23)10-9-22(30)25-16-18-3-2-4-19(15-18)17-28-11-13-32-14-12-28/h2-8,15H,9-14,16-17H2,1H3,(H,25,30)(H,27,33). The number of ether oxygens (including phenoxy) is 2. The summed E-state index contributed by atoms with van der Waals surface area (Å²) in [6.07, 6.45) is 0.310. The van der Waals surface area contributed by atoms with Crippen LogP contribution in [0, 0.1) is 4.77 Å². The molecule has 1 aliphatic rings. The van der Waals surface area contributed by atoms with Crippen LogP contribution in [0.15, 0.2) is 48.5 Å². The molecule has 174 valence electrons. The van der Waals surface area contributed by atoms with Gasteiger partial charge in [0.25, 0.3) is 0 Å². The van der Waals surface area contributed by atoms with Gasteiger partial charge in [0.15, 0.2) is 10.6 Å². The highest BCUT2D eigenvalue weighted by Gasteiger charge is 2.12. The molecule has 1 aromatic heterocycles. The second-order valence-electron chi connectivity index (χ2n) is 7.97. The molecule has 2 heterocycles. The third-order valence-electron chi connectivity index (χ3n) is 5.66. The summed E-state index contributed by atoms with van der Waals surface area (Å²) in [5.74, 6) is 1.44. The molecule has 0 aliphatic carbocycles. The number of carbonyl (C=O) groups is 1. The molecule has 1 fully saturated rings. The predicted octanol–water partition coefficient (Wildman–Crippen LogP) is 3.15. The van der Waals surface area contributed by atoms with Gasteiger partial charge in [-0.1, -0.05) is 24.3 Å². The van der Waals surface area contributed by atoms with Crippen LogP contribution in [-0.2, 0) is 29.2 Å². The van der Waals surface area contributed by atoms with Crippen molar-refractivity contribution in [3.63, 3.8) is 0 Å². The molecule has 8 nitrogen and oxygen atoms in total. The van der Waals surface area contributed by atoms with E-state index in [1.54, 1.807) is 7.11 Å². The first-order valence-corrected chi connectivity index (χ1v) is 11.5. The van der Waals surface area contributed by atoms with Crippen LogP contribution in [0.25, 0.3) is 11.4 Å². The van der Waals surface area contributed by atoms with Gasteiger partial charge in [0.2, 0.25) is 5.91 Å². The molecule has 33 heavy (non-hydrogen) atoms. The molecule has 3 aromatic rings. The number of nitrogens with zero attached hydrogens (tertiary/aromatic N) is 3. The molecule has 0 spiro atoms. The van der Waals surface area contributed by atoms with Crippen molar-refractivity contribution in [2.45, 2.75) is 26.1 Å². The number of rotatable bonds is 9. The summed E-state index contributed by atoms with van der Waals surface area (Å²) in [6.45, 7) is 5.33. The molecule has 2 N–H and O–H groups in total. The van der Waals surface area contributed by atoms with Gasteiger partial charge in [-0.25, -0.2) is 0 Å². The van der Waals surface area contributed by atoms with Crippen molar-refractivity contribution in [2.75, 3.05) is 33.4 Å². The molecule has 1 amide bonds. The van der Waals surface area contributed by atoms with Crippen LogP contribution in [0.2, 0.25) is 0 Å². The van der Waals surface area contributed by atoms with Gasteiger partial charge in [0, 0.05) is 44.7 Å². The Labute approximate surface area is 198 Å². The van der Waals surface area contributed by atoms with E-state index in [0.29, 0.717) is 30.1 Å². The summed E-state index contributed by atoms with van der Waals surface area (Å²) in [5, 5.41) is 10.2. The van der Waals surface area contributed by atoms with Crippen molar-refractivity contribution in [1.29, 1.82) is 0 Å². The Morgan fingerprint density at radius 3 is 2.70 bits per heavy atom. The molecular weight excluding hydrogens is 438 g/mol. The number of carbonyl (C=O) groups excluding carboxylic acids is 1. The zero-order valence-corrected chi connectivity index (χ0v) is 19.6. The van der Waals surface area contributed by atoms with E-state index in [9.17, 15) is 4.79 Å². The van der Waals surface area contributed by atoms with Gasteiger partial charge in [-0.3, -0.25) is 19.4 Å². The lowest BCUT2D eigenvalue weighted by atomic mass is 10.1. The lowest BCUT2D eigenvalue weighted by Gasteiger charge is -2.26. The molecule has 0 radical (unpaired) electrons. The quantitative estimate of drug-likeness (QED) is 0.471. The number of H-pyrrole nitrogens is 1. The number of methoxy groups -OCH3 is 1. The van der Waals surface area contributed by atoms with Crippen molar-refractivity contribution >= 4 is 18.1 Å². The van der Waals surface area contributed by atoms with E-state index in [-0.39, 0.29) is 5.91 Å². The zero-order chi connectivity index (χ0) is 23.0. The fourth-order valence-corrected chi connectivity index (χ4v) is 4.07. The Hall–Kier alpha value is -3.01. The maximum absolute atomic E-state index is 12.5. The number of morpholine rings is 1. The molecule has 0 unspecified atom stereocenters. The third-order valence-corrected chi connectivity index (χ3v) is 5.97. The summed E-state index contributed by atoms with van der Waals surface area (Å²) >= 11 is 5.37. The number of amides is 1. The minimum absolute atomic E-state index is 0.0302. The smallest absolute Gasteiger partial charge is 0.222 e. The van der Waals surface area contributed by atoms with Crippen molar-refractivity contribution < 1.29 is 14.3 Å². The number of hydrogen-bond acceptors (Lipinski definition) is 6. The second kappa shape index (κ2) is 11.2. The number of nitrogens with one attached hydrogen (secondary N) is 2. The van der Waals surface area contributed by atoms with E-state index in [1.807, 2.05) is 41.0 Å². The van der Waals surface area contributed by atoms with E-state index in [4.69, 9.17) is 21.7 Å². The number of benzene rings is 2. The molecule has 0 saturated carbocycles. The average Bonchev–Trinajstić information content (AvgIpc) is 3.22. The Bertz CT molecular complexity index is 1120. The SMILES string of the molecule is COc1ccc(-c2n[nH]c(=S)n2CCC(=O)NCc2cccc(CN3CCOCC3)c2)cc1. The van der Waals surface area contributed by atoms with E-state index < -0.39 is 0 Å². The van der Waals surface area contributed by atoms with Gasteiger partial charge < -0.3 is 14.8 Å². The Morgan fingerprint density at radius 1 is 1.18 bits per heavy atom. The zero-order valence-electron chi connectivity index (χ0n) is 18.8. The van der Waals surface area contributed by atoms with Gasteiger partial charge in [-0.05, 0) is 47.6 Å². The fraction of sp³-hybridized carbons (Fsp3) is 0.375. The first-order valence-electron chi connectivity index (χ1n) is 11.1. The molecule has 0 bridgehead atoms. The highest BCUT2D eigenvalue weighted by molar-refractivity contribution is 7.71. The molecule has 9 heteroatoms. The monoisotopic (exact) mass is 467 g/mol. The van der Waals surface area contributed by atoms with Crippen molar-refractivity contribution in [2.24, 2.45) is 0 Å². The van der Waals surface area contributed by atoms with E-state index in [2.05, 4.69) is 32.5 Å². The second-order valence-corrected chi connectivity index (χ2v) is 8.35. The van der Waals surface area contributed by atoms with Crippen LogP contribution < -0.4 is 10.1 Å². The minimum Gasteiger partial charge on any atom is -0.497 e. The summed E-state index contributed by atoms with van der Waals surface area (Å²) in [7, 11) is 1.63. The molecule has 2 aromatic carbocycles. The molecule has 1 saturated heterocycles. The summed E-state index contributed by atoms with van der Waals surface area (Å²) in [5.41, 5.74) is 3.24. The van der Waals surface area contributed by atoms with Gasteiger partial charge >= 0.3 is 0 Å². The van der Waals surface area contributed by atoms with Crippen LogP contribution >= 0.6 is 12.2 Å². The fourth-order valence-electron chi connectivity index (χ4n) is 3.84. The van der Waals surface area contributed by atoms with Crippen molar-refractivity contribution in [1.82, 2.24) is 25.0 Å². The van der Waals surface area contributed by atoms with Gasteiger partial charge in [-0.2, -0.15) is 5.10 Å². The van der Waals surface area contributed by atoms with Gasteiger partial charge in [-0.15, -0.1) is 0 Å². The lowest BCUT2D eigenvalue weighted by molar-refractivity contribution is -0.121. The lowest BCUT2D eigenvalue weighted by Crippen LogP contribution is -2.35. The highest BCUT2D eigenvalue weighted by atomic mass is 32.1. The largest absolute Gasteiger partial charge is 0.497 e. The Balaban J connectivity index is 1.31. The topological polar surface area (TPSA) is 84.4 Å². The normalized spacial score (nSPS) is 14.2. The van der Waals surface area contributed by atoms with E-state index in [1.165, 1.54) is 5.56 Å². The van der Waals surface area contributed by atoms with Crippen LogP contribution in [0.5, 0.6) is 5.75 Å². The van der Waals surface area contributed by atoms with Crippen LogP contribution in [0.3, 0.4) is 0 Å². The number of hydrogen-bond donors (Lipinski definition) is 2. The minimum atomic E-state index is -0.0302. The van der Waals surface area contributed by atoms with Crippen LogP contribution in [0.4, 0.5) is 0 Å². The summed E-state index contributed by atoms with van der Waals surface area (Å²) in [6, 6.07) is 16.0. The predicted molar refractivity (Wildman–Crippen MR) is 128 cm³/mol. The third kappa shape index (κ3) is 6.28. The van der Waals surface area contributed by atoms with Gasteiger partial charge in [0.1, 0.15) is 5.75 Å². The van der Waals surface area contributed by atoms with Crippen LogP contribution in [0.1, 0.15) is 17.5 Å². The van der Waals surface area contributed by atoms with Gasteiger partial charge in [0.05, 0.1) is 20.3 Å². The van der Waals surface area contributed by atoms with Crippen LogP contribution in [-0.4, -0.2) is 59.0 Å². The molecular formula is C24H29N5O3S. The first-order chi connectivity index (χ1) is 16.1. The Kier molecular flexibility index (Phi) is 7.87. The van der Waals surface area contributed by atoms with Crippen molar-refractivity contribution in [3.8, 4) is 17.1 Å². The molecule has 1 aliphatic heterocycles. The van der Waals surface area contributed by atoms with E-state index >= 15 is 0 Å². The molecule has 4 rings (SSSR count). The summed E-state index contributed by atoms with van der Waals surface area (Å²) in [4.78, 5) is 14.9. The van der Waals surface area contributed by atoms with Crippen molar-refractivity contribution in [3.05, 3.63) is 64.4 Å². The number of aromatic nitrogens is 3. The Morgan fingerprint density at radius 2 is 1.94 bits per heavy atom. The molecule has 0 atom stereocenters. The van der Waals surface area contributed by atoms with E-state index in [0.717, 1.165) is 49.7 Å². The first kappa shape index (κ1) is 23.2. The highest BCUT2D eigenvalue weighted by Crippen LogP contribution is 2.21. The maximum atomic E-state index is 12.5. The maximum Gasteiger partial charge on any atom is 0.222 e. The summed E-state index contributed by atoms with van der Waals surface area (Å²) < 4.78 is 13.0. The number of aromatic amines is 1. The average molecular weight is 468 g/mol.